The van der Waals surface area contributed by atoms with Crippen molar-refractivity contribution in [2.45, 2.75) is 57.3 Å². The Morgan fingerprint density at radius 3 is 2.10 bits per heavy atom. The van der Waals surface area contributed by atoms with E-state index in [-0.39, 0.29) is 12.1 Å². The Labute approximate surface area is 118 Å². The van der Waals surface area contributed by atoms with Crippen molar-refractivity contribution < 1.29 is 23.5 Å². The molecule has 8 heteroatoms. The third-order valence-electron chi connectivity index (χ3n) is 4.14. The monoisotopic (exact) mass is 306 g/mol. The van der Waals surface area contributed by atoms with E-state index in [1.54, 1.807) is 13.8 Å². The SMILES string of the molecule is CNC1CCCCC1NP1(O)(C(C)C)OC(=O)C(=O)O1. The summed E-state index contributed by atoms with van der Waals surface area (Å²) in [6, 6.07) is 0.0455. The number of rotatable bonds is 4. The Hall–Kier alpha value is -0.750. The van der Waals surface area contributed by atoms with E-state index in [1.165, 1.54) is 0 Å². The van der Waals surface area contributed by atoms with Crippen molar-refractivity contribution in [3.05, 3.63) is 0 Å². The van der Waals surface area contributed by atoms with Crippen LogP contribution in [0.2, 0.25) is 0 Å². The normalized spacial score (nSPS) is 34.1. The van der Waals surface area contributed by atoms with Crippen molar-refractivity contribution in [3.63, 3.8) is 0 Å². The zero-order chi connectivity index (χ0) is 15.0. The summed E-state index contributed by atoms with van der Waals surface area (Å²) >= 11 is 0. The predicted octanol–water partition coefficient (Wildman–Crippen LogP) is 0.821. The number of carbonyl (C=O) groups is 2. The molecule has 0 aromatic carbocycles. The number of hydrogen-bond acceptors (Lipinski definition) is 7. The van der Waals surface area contributed by atoms with Crippen molar-refractivity contribution in [1.29, 1.82) is 0 Å². The van der Waals surface area contributed by atoms with Gasteiger partial charge in [0.2, 0.25) is 0 Å². The molecule has 20 heavy (non-hydrogen) atoms. The van der Waals surface area contributed by atoms with E-state index >= 15 is 0 Å². The second-order valence-corrected chi connectivity index (χ2v) is 9.35. The van der Waals surface area contributed by atoms with E-state index in [4.69, 9.17) is 9.05 Å². The van der Waals surface area contributed by atoms with Crippen LogP contribution in [0.1, 0.15) is 39.5 Å². The number of carbonyl (C=O) groups excluding carboxylic acids is 2. The second-order valence-electron chi connectivity index (χ2n) is 5.74. The van der Waals surface area contributed by atoms with Gasteiger partial charge in [0.1, 0.15) is 0 Å². The summed E-state index contributed by atoms with van der Waals surface area (Å²) in [7, 11) is -2.61. The van der Waals surface area contributed by atoms with Crippen LogP contribution in [0.4, 0.5) is 0 Å². The maximum absolute atomic E-state index is 11.4. The van der Waals surface area contributed by atoms with Crippen LogP contribution in [0, 0.1) is 0 Å². The van der Waals surface area contributed by atoms with Gasteiger partial charge >= 0.3 is 118 Å². The van der Waals surface area contributed by atoms with Gasteiger partial charge in [-0.15, -0.1) is 0 Å². The summed E-state index contributed by atoms with van der Waals surface area (Å²) in [5, 5.41) is 6.20. The molecule has 3 N–H and O–H groups in total. The van der Waals surface area contributed by atoms with Crippen LogP contribution in [0.3, 0.4) is 0 Å². The molecule has 0 aromatic rings. The molecule has 2 fully saturated rings. The van der Waals surface area contributed by atoms with Crippen LogP contribution in [0.15, 0.2) is 0 Å². The van der Waals surface area contributed by atoms with Crippen molar-refractivity contribution >= 4 is 19.4 Å². The first kappa shape index (κ1) is 15.6. The van der Waals surface area contributed by atoms with Crippen LogP contribution < -0.4 is 10.4 Å². The Morgan fingerprint density at radius 2 is 1.65 bits per heavy atom. The molecule has 0 radical (unpaired) electrons. The molecule has 2 rings (SSSR count). The van der Waals surface area contributed by atoms with Gasteiger partial charge in [-0.3, -0.25) is 0 Å². The van der Waals surface area contributed by atoms with Crippen LogP contribution in [0.5, 0.6) is 0 Å². The second kappa shape index (κ2) is 5.22. The zero-order valence-electron chi connectivity index (χ0n) is 12.1. The summed E-state index contributed by atoms with van der Waals surface area (Å²) in [5.41, 5.74) is -0.518. The van der Waals surface area contributed by atoms with E-state index in [0.717, 1.165) is 25.7 Å². The fraction of sp³-hybridized carbons (Fsp3) is 0.833. The average molecular weight is 306 g/mol. The zero-order valence-corrected chi connectivity index (χ0v) is 13.0. The van der Waals surface area contributed by atoms with Crippen molar-refractivity contribution in [2.75, 3.05) is 7.05 Å². The van der Waals surface area contributed by atoms with Crippen molar-refractivity contribution in [2.24, 2.45) is 0 Å². The summed E-state index contributed by atoms with van der Waals surface area (Å²) in [4.78, 5) is 33.8. The quantitative estimate of drug-likeness (QED) is 0.522. The standard InChI is InChI=1S/C12H23N2O5P/c1-8(2)20(17,18-11(15)12(16)19-20)14-10-7-5-4-6-9(10)13-3/h8-10,13-14,17H,4-7H2,1-3H3. The number of hydrogen-bond donors (Lipinski definition) is 3. The third-order valence-corrected chi connectivity index (χ3v) is 7.80. The predicted molar refractivity (Wildman–Crippen MR) is 74.7 cm³/mol. The molecule has 2 aliphatic rings. The first-order valence-corrected chi connectivity index (χ1v) is 9.09. The number of nitrogens with one attached hydrogen (secondary N) is 2. The van der Waals surface area contributed by atoms with E-state index in [0.29, 0.717) is 0 Å². The van der Waals surface area contributed by atoms with Gasteiger partial charge in [0.05, 0.1) is 0 Å². The van der Waals surface area contributed by atoms with Crippen LogP contribution in [-0.2, 0) is 18.6 Å². The van der Waals surface area contributed by atoms with E-state index in [1.807, 2.05) is 7.05 Å². The van der Waals surface area contributed by atoms with E-state index in [9.17, 15) is 14.5 Å². The molecule has 2 unspecified atom stereocenters. The van der Waals surface area contributed by atoms with Crippen LogP contribution in [0.25, 0.3) is 0 Å². The van der Waals surface area contributed by atoms with Gasteiger partial charge in [0, 0.05) is 0 Å². The maximum atomic E-state index is 11.4. The number of likely N-dealkylation sites (N-methyl/N-ethyl adjacent to an activating group) is 1. The van der Waals surface area contributed by atoms with Gasteiger partial charge in [-0.1, -0.05) is 0 Å². The molecule has 2 atom stereocenters. The van der Waals surface area contributed by atoms with Crippen LogP contribution in [-0.4, -0.2) is 41.6 Å². The molecule has 7 nitrogen and oxygen atoms in total. The molecule has 1 aliphatic heterocycles. The molecule has 0 spiro atoms. The Balaban J connectivity index is 2.26. The van der Waals surface area contributed by atoms with Gasteiger partial charge in [-0.05, 0) is 0 Å². The first-order valence-electron chi connectivity index (χ1n) is 7.00. The van der Waals surface area contributed by atoms with Gasteiger partial charge in [0.25, 0.3) is 0 Å². The third kappa shape index (κ3) is 2.55. The average Bonchev–Trinajstić information content (AvgIpc) is 2.62. The molecule has 0 bridgehead atoms. The molecule has 1 saturated carbocycles. The minimum absolute atomic E-state index is 0.0995. The molecule has 1 heterocycles. The molecular formula is C12H23N2O5P. The Kier molecular flexibility index (Phi) is 4.08. The van der Waals surface area contributed by atoms with Gasteiger partial charge in [-0.2, -0.15) is 0 Å². The fourth-order valence-corrected chi connectivity index (χ4v) is 5.33. The van der Waals surface area contributed by atoms with Crippen molar-refractivity contribution in [3.8, 4) is 0 Å². The van der Waals surface area contributed by atoms with Gasteiger partial charge in [0.15, 0.2) is 0 Å². The first-order chi connectivity index (χ1) is 9.29. The summed E-state index contributed by atoms with van der Waals surface area (Å²) in [6.45, 7) is 3.35. The summed E-state index contributed by atoms with van der Waals surface area (Å²) in [6.07, 6.45) is 3.90. The van der Waals surface area contributed by atoms with Crippen LogP contribution >= 0.6 is 7.43 Å². The molecular weight excluding hydrogens is 283 g/mol. The molecule has 0 aromatic heterocycles. The van der Waals surface area contributed by atoms with Crippen molar-refractivity contribution in [1.82, 2.24) is 10.4 Å². The van der Waals surface area contributed by atoms with Gasteiger partial charge < -0.3 is 0 Å². The van der Waals surface area contributed by atoms with E-state index in [2.05, 4.69) is 10.4 Å². The molecule has 1 aliphatic carbocycles. The Bertz CT molecular complexity index is 412. The summed E-state index contributed by atoms with van der Waals surface area (Å²) < 4.78 is 10.1. The topological polar surface area (TPSA) is 96.9 Å². The van der Waals surface area contributed by atoms with Gasteiger partial charge in [-0.25, -0.2) is 0 Å². The molecule has 1 saturated heterocycles. The molecule has 116 valence electrons. The minimum atomic E-state index is -4.46. The molecule has 0 amide bonds. The Morgan fingerprint density at radius 1 is 1.15 bits per heavy atom. The summed E-state index contributed by atoms with van der Waals surface area (Å²) in [5.74, 6) is -2.24. The van der Waals surface area contributed by atoms with E-state index < -0.39 is 25.0 Å². The fourth-order valence-electron chi connectivity index (χ4n) is 2.76.